The number of fused-ring (bicyclic) bond motifs is 1. The van der Waals surface area contributed by atoms with Crippen LogP contribution in [0.15, 0.2) is 48.0 Å². The number of piperidine rings is 3. The molecule has 0 amide bonds. The third-order valence-electron chi connectivity index (χ3n) is 11.1. The Morgan fingerprint density at radius 3 is 2.43 bits per heavy atom. The minimum atomic E-state index is -0.973. The number of carbonyl (C=O) groups is 3. The molecule has 0 spiro atoms. The van der Waals surface area contributed by atoms with Gasteiger partial charge in [0.05, 0.1) is 22.0 Å². The van der Waals surface area contributed by atoms with Gasteiger partial charge in [-0.15, -0.1) is 0 Å². The number of non-ortho nitro benzene ring substituents is 1. The zero-order chi connectivity index (χ0) is 34.8. The van der Waals surface area contributed by atoms with Crippen molar-refractivity contribution in [3.05, 3.63) is 74.9 Å². The van der Waals surface area contributed by atoms with E-state index in [-0.39, 0.29) is 58.5 Å². The minimum absolute atomic E-state index is 0.0778. The number of rotatable bonds is 11. The number of nitrogens with zero attached hydrogens (tertiary/aromatic N) is 3. The van der Waals surface area contributed by atoms with Crippen LogP contribution in [-0.4, -0.2) is 80.3 Å². The number of likely N-dealkylation sites (tertiary alicyclic amines) is 1. The van der Waals surface area contributed by atoms with Gasteiger partial charge >= 0.3 is 5.97 Å². The molecule has 1 unspecified atom stereocenters. The molecular weight excluding hydrogens is 626 g/mol. The summed E-state index contributed by atoms with van der Waals surface area (Å²) in [6, 6.07) is 9.98. The van der Waals surface area contributed by atoms with Gasteiger partial charge < -0.3 is 14.9 Å². The monoisotopic (exact) mass is 673 g/mol. The summed E-state index contributed by atoms with van der Waals surface area (Å²) in [5, 5.41) is 31.9. The van der Waals surface area contributed by atoms with Crippen molar-refractivity contribution in [2.24, 2.45) is 17.8 Å². The molecular formula is C38H47N3O8. The van der Waals surface area contributed by atoms with Gasteiger partial charge in [0.2, 0.25) is 0 Å². The molecule has 0 saturated carbocycles. The topological polar surface area (TPSA) is 151 Å². The van der Waals surface area contributed by atoms with Crippen LogP contribution in [0.5, 0.6) is 11.5 Å². The van der Waals surface area contributed by atoms with Gasteiger partial charge in [0.15, 0.2) is 11.6 Å². The lowest BCUT2D eigenvalue weighted by molar-refractivity contribution is -0.384. The normalized spacial score (nSPS) is 26.0. The second-order valence-electron chi connectivity index (χ2n) is 14.5. The van der Waals surface area contributed by atoms with Gasteiger partial charge in [0, 0.05) is 56.6 Å². The van der Waals surface area contributed by atoms with Crippen molar-refractivity contribution in [3.63, 3.8) is 0 Å². The van der Waals surface area contributed by atoms with Gasteiger partial charge in [-0.25, -0.2) is 0 Å². The molecule has 0 aromatic heterocycles. The van der Waals surface area contributed by atoms with Gasteiger partial charge in [0.1, 0.15) is 17.6 Å². The number of allylic oxidation sites excluding steroid dienone is 1. The van der Waals surface area contributed by atoms with Crippen LogP contribution in [0.4, 0.5) is 5.69 Å². The summed E-state index contributed by atoms with van der Waals surface area (Å²) in [5.41, 5.74) is 1.69. The molecule has 3 aliphatic heterocycles. The minimum Gasteiger partial charge on any atom is -0.507 e. The molecule has 4 aliphatic rings. The predicted octanol–water partition coefficient (Wildman–Crippen LogP) is 6.20. The lowest BCUT2D eigenvalue weighted by Crippen LogP contribution is -2.64. The van der Waals surface area contributed by atoms with Crippen LogP contribution in [0.25, 0.3) is 0 Å². The van der Waals surface area contributed by atoms with Gasteiger partial charge in [-0.05, 0) is 95.0 Å². The predicted molar refractivity (Wildman–Crippen MR) is 182 cm³/mol. The second-order valence-corrected chi connectivity index (χ2v) is 14.5. The molecule has 49 heavy (non-hydrogen) atoms. The molecule has 6 rings (SSSR count). The lowest BCUT2D eigenvalue weighted by Gasteiger charge is -2.57. The number of benzene rings is 2. The first-order valence-corrected chi connectivity index (χ1v) is 17.7. The van der Waals surface area contributed by atoms with Gasteiger partial charge in [-0.3, -0.25) is 34.3 Å². The highest BCUT2D eigenvalue weighted by molar-refractivity contribution is 6.17. The molecule has 262 valence electrons. The average molecular weight is 674 g/mol. The van der Waals surface area contributed by atoms with E-state index in [0.29, 0.717) is 30.8 Å². The number of hydrogen-bond donors (Lipinski definition) is 2. The number of Topliss-reactive ketones (excluding diaryl/α,β-unsaturated/α-hetero) is 2. The van der Waals surface area contributed by atoms with Crippen molar-refractivity contribution in [1.29, 1.82) is 0 Å². The van der Waals surface area contributed by atoms with Crippen LogP contribution in [0, 0.1) is 27.9 Å². The van der Waals surface area contributed by atoms with Crippen LogP contribution < -0.4 is 0 Å². The first-order chi connectivity index (χ1) is 23.5. The SMILES string of the molecule is CC(C)=CC[C@@H](OC(=O)CCC[C@H]1[C@@H]2CCCN3CCC[C@H](CN1Cc1ccc([N+](=O)[O-])cc1)[C@H]23)C1CC(=O)c2c(O)ccc(O)c2C1=O. The van der Waals surface area contributed by atoms with Crippen LogP contribution in [0.3, 0.4) is 0 Å². The third-order valence-corrected chi connectivity index (χ3v) is 11.1. The number of hydrogen-bond acceptors (Lipinski definition) is 10. The molecule has 11 nitrogen and oxygen atoms in total. The Morgan fingerprint density at radius 1 is 1.04 bits per heavy atom. The van der Waals surface area contributed by atoms with Crippen molar-refractivity contribution in [1.82, 2.24) is 9.80 Å². The van der Waals surface area contributed by atoms with Crippen molar-refractivity contribution < 1.29 is 34.3 Å². The molecule has 3 saturated heterocycles. The molecule has 2 N–H and O–H groups in total. The summed E-state index contributed by atoms with van der Waals surface area (Å²) in [6.45, 7) is 7.73. The van der Waals surface area contributed by atoms with E-state index < -0.39 is 29.6 Å². The largest absolute Gasteiger partial charge is 0.507 e. The zero-order valence-corrected chi connectivity index (χ0v) is 28.4. The van der Waals surface area contributed by atoms with Gasteiger partial charge in [-0.2, -0.15) is 0 Å². The van der Waals surface area contributed by atoms with E-state index in [0.717, 1.165) is 50.0 Å². The van der Waals surface area contributed by atoms with Gasteiger partial charge in [-0.1, -0.05) is 23.8 Å². The lowest BCUT2D eigenvalue weighted by atomic mass is 9.69. The number of nitro groups is 1. The number of aromatic hydroxyl groups is 2. The number of esters is 1. The van der Waals surface area contributed by atoms with Crippen molar-refractivity contribution >= 4 is 23.2 Å². The first-order valence-electron chi connectivity index (χ1n) is 17.7. The van der Waals surface area contributed by atoms with E-state index in [1.54, 1.807) is 12.1 Å². The van der Waals surface area contributed by atoms with E-state index >= 15 is 0 Å². The molecule has 1 aliphatic carbocycles. The van der Waals surface area contributed by atoms with Crippen molar-refractivity contribution in [2.75, 3.05) is 19.6 Å². The number of ketones is 2. The molecule has 0 bridgehead atoms. The third kappa shape index (κ3) is 7.43. The molecule has 2 aromatic carbocycles. The molecule has 3 heterocycles. The Kier molecular flexibility index (Phi) is 10.5. The number of phenols is 2. The maximum absolute atomic E-state index is 13.6. The van der Waals surface area contributed by atoms with Crippen LogP contribution in [0.1, 0.15) is 97.9 Å². The quantitative estimate of drug-likeness (QED) is 0.0927. The van der Waals surface area contributed by atoms with Crippen molar-refractivity contribution in [2.45, 2.75) is 96.4 Å². The van der Waals surface area contributed by atoms with Crippen LogP contribution in [0.2, 0.25) is 0 Å². The summed E-state index contributed by atoms with van der Waals surface area (Å²) in [6.07, 6.45) is 7.24. The highest BCUT2D eigenvalue weighted by Crippen LogP contribution is 2.44. The fourth-order valence-electron chi connectivity index (χ4n) is 8.94. The summed E-state index contributed by atoms with van der Waals surface area (Å²) >= 11 is 0. The molecule has 3 fully saturated rings. The summed E-state index contributed by atoms with van der Waals surface area (Å²) in [5.74, 6) is -2.08. The zero-order valence-electron chi connectivity index (χ0n) is 28.4. The van der Waals surface area contributed by atoms with E-state index in [4.69, 9.17) is 4.74 Å². The second kappa shape index (κ2) is 14.8. The summed E-state index contributed by atoms with van der Waals surface area (Å²) < 4.78 is 5.98. The van der Waals surface area contributed by atoms with E-state index in [9.17, 15) is 34.7 Å². The van der Waals surface area contributed by atoms with Crippen molar-refractivity contribution in [3.8, 4) is 11.5 Å². The summed E-state index contributed by atoms with van der Waals surface area (Å²) in [7, 11) is 0. The maximum atomic E-state index is 13.6. The fraction of sp³-hybridized carbons (Fsp3) is 0.553. The Hall–Kier alpha value is -4.09. The molecule has 0 radical (unpaired) electrons. The van der Waals surface area contributed by atoms with Gasteiger partial charge in [0.25, 0.3) is 5.69 Å². The standard InChI is InChI=1S/C38H47N3O8/c1-23(2)10-17-33(28-20-32(44)35-30(42)15-16-31(43)36(35)38(28)46)49-34(45)9-3-8-29-27-7-5-19-39-18-4-6-25(37(27)39)22-40(29)21-24-11-13-26(14-12-24)41(47)48/h10-16,25,27-29,33,37,42-43H,3-9,17-22H2,1-2H3/t25-,27+,28?,29+,33-,37-/m1/s1. The number of nitro benzene ring substituents is 1. The highest BCUT2D eigenvalue weighted by atomic mass is 16.6. The first kappa shape index (κ1) is 34.8. The average Bonchev–Trinajstić information content (AvgIpc) is 3.07. The molecule has 6 atom stereocenters. The number of ether oxygens (including phenoxy) is 1. The Morgan fingerprint density at radius 2 is 1.73 bits per heavy atom. The smallest absolute Gasteiger partial charge is 0.306 e. The molecule has 11 heteroatoms. The van der Waals surface area contributed by atoms with E-state index in [1.165, 1.54) is 25.0 Å². The highest BCUT2D eigenvalue weighted by Gasteiger charge is 2.48. The number of carbonyl (C=O) groups excluding carboxylic acids is 3. The Labute approximate surface area is 287 Å². The fourth-order valence-corrected chi connectivity index (χ4v) is 8.94. The van der Waals surface area contributed by atoms with E-state index in [2.05, 4.69) is 9.80 Å². The summed E-state index contributed by atoms with van der Waals surface area (Å²) in [4.78, 5) is 56.2. The van der Waals surface area contributed by atoms with Crippen LogP contribution >= 0.6 is 0 Å². The van der Waals surface area contributed by atoms with Crippen LogP contribution in [-0.2, 0) is 16.1 Å². The maximum Gasteiger partial charge on any atom is 0.306 e. The number of phenolic OH excluding ortho intramolecular Hbond substituents is 2. The van der Waals surface area contributed by atoms with E-state index in [1.807, 2.05) is 32.1 Å². The Bertz CT molecular complexity index is 1620. The molecule has 2 aromatic rings. The Balaban J connectivity index is 1.16.